The molecule has 0 radical (unpaired) electrons. The number of benzene rings is 2. The molecule has 2 N–H and O–H groups in total. The van der Waals surface area contributed by atoms with Crippen LogP contribution in [0.15, 0.2) is 46.9 Å². The summed E-state index contributed by atoms with van der Waals surface area (Å²) in [6, 6.07) is 10.3. The number of amides is 1. The van der Waals surface area contributed by atoms with Gasteiger partial charge in [0.2, 0.25) is 5.91 Å². The van der Waals surface area contributed by atoms with Crippen LogP contribution in [-0.4, -0.2) is 32.1 Å². The number of para-hydroxylation sites is 1. The Hall–Kier alpha value is -2.45. The summed E-state index contributed by atoms with van der Waals surface area (Å²) < 4.78 is 24.6. The van der Waals surface area contributed by atoms with Crippen LogP contribution in [0.25, 0.3) is 0 Å². The summed E-state index contributed by atoms with van der Waals surface area (Å²) in [5.74, 6) is -1.50. The summed E-state index contributed by atoms with van der Waals surface area (Å²) in [5.41, 5.74) is 0.938. The number of anilines is 1. The van der Waals surface area contributed by atoms with Crippen LogP contribution in [0.2, 0.25) is 0 Å². The van der Waals surface area contributed by atoms with Crippen LogP contribution in [-0.2, 0) is 14.3 Å². The molecule has 0 aliphatic heterocycles. The third-order valence-electron chi connectivity index (χ3n) is 3.65. The number of rotatable bonds is 8. The first-order valence-corrected chi connectivity index (χ1v) is 9.03. The van der Waals surface area contributed by atoms with Crippen LogP contribution in [0.3, 0.4) is 0 Å². The van der Waals surface area contributed by atoms with Gasteiger partial charge in [-0.15, -0.1) is 0 Å². The highest BCUT2D eigenvalue weighted by atomic mass is 79.9. The van der Waals surface area contributed by atoms with Crippen LogP contribution in [0.1, 0.15) is 18.5 Å². The number of nitrogens with one attached hydrogen (secondary N) is 2. The van der Waals surface area contributed by atoms with E-state index in [1.54, 1.807) is 31.2 Å². The fourth-order valence-electron chi connectivity index (χ4n) is 2.38. The van der Waals surface area contributed by atoms with Crippen molar-refractivity contribution >= 4 is 33.5 Å². The molecule has 27 heavy (non-hydrogen) atoms. The van der Waals surface area contributed by atoms with Crippen molar-refractivity contribution in [3.8, 4) is 5.75 Å². The summed E-state index contributed by atoms with van der Waals surface area (Å²) >= 11 is 3.34. The molecule has 2 rings (SSSR count). The lowest BCUT2D eigenvalue weighted by Gasteiger charge is -2.18. The highest BCUT2D eigenvalue weighted by Gasteiger charge is 2.24. The average molecular weight is 439 g/mol. The van der Waals surface area contributed by atoms with Gasteiger partial charge in [0.25, 0.3) is 0 Å². The molecular weight excluding hydrogens is 419 g/mol. The zero-order valence-corrected chi connectivity index (χ0v) is 16.5. The van der Waals surface area contributed by atoms with Gasteiger partial charge in [0.15, 0.2) is 11.6 Å². The molecule has 0 aliphatic rings. The Labute approximate surface area is 165 Å². The number of carbonyl (C=O) groups is 2. The maximum Gasteiger partial charge on any atom is 0.327 e. The van der Waals surface area contributed by atoms with E-state index in [4.69, 9.17) is 9.47 Å². The van der Waals surface area contributed by atoms with Crippen molar-refractivity contribution in [3.05, 3.63) is 58.3 Å². The Morgan fingerprint density at radius 1 is 1.22 bits per heavy atom. The molecule has 0 aromatic heterocycles. The fourth-order valence-corrected chi connectivity index (χ4v) is 2.76. The Balaban J connectivity index is 2.11. The van der Waals surface area contributed by atoms with Crippen LogP contribution in [0.4, 0.5) is 10.1 Å². The molecule has 1 atom stereocenters. The summed E-state index contributed by atoms with van der Waals surface area (Å²) in [6.45, 7) is 1.67. The van der Waals surface area contributed by atoms with Crippen molar-refractivity contribution in [2.75, 3.05) is 25.6 Å². The van der Waals surface area contributed by atoms with Crippen LogP contribution in [0.5, 0.6) is 5.75 Å². The number of esters is 1. The molecule has 0 unspecified atom stereocenters. The second kappa shape index (κ2) is 10.0. The predicted octanol–water partition coefficient (Wildman–Crippen LogP) is 3.43. The maximum atomic E-state index is 14.0. The van der Waals surface area contributed by atoms with Crippen LogP contribution in [0, 0.1) is 5.82 Å². The van der Waals surface area contributed by atoms with Crippen molar-refractivity contribution in [2.45, 2.75) is 13.0 Å². The maximum absolute atomic E-state index is 14.0. The lowest BCUT2D eigenvalue weighted by molar-refractivity contribution is -0.145. The fraction of sp³-hybridized carbons (Fsp3) is 0.263. The smallest absolute Gasteiger partial charge is 0.327 e. The molecule has 0 bridgehead atoms. The van der Waals surface area contributed by atoms with Gasteiger partial charge in [-0.3, -0.25) is 10.1 Å². The largest absolute Gasteiger partial charge is 0.494 e. The van der Waals surface area contributed by atoms with E-state index >= 15 is 0 Å². The number of halogens is 2. The highest BCUT2D eigenvalue weighted by molar-refractivity contribution is 9.10. The van der Waals surface area contributed by atoms with Gasteiger partial charge in [0.05, 0.1) is 25.9 Å². The quantitative estimate of drug-likeness (QED) is 0.617. The van der Waals surface area contributed by atoms with Crippen molar-refractivity contribution in [2.24, 2.45) is 0 Å². The van der Waals surface area contributed by atoms with E-state index in [9.17, 15) is 14.0 Å². The molecule has 0 aliphatic carbocycles. The third-order valence-corrected chi connectivity index (χ3v) is 4.34. The SMILES string of the molecule is CCOC(=O)[C@H](NCC(=O)Nc1ccccc1Br)c1ccc(OC)c(F)c1. The van der Waals surface area contributed by atoms with Gasteiger partial charge >= 0.3 is 5.97 Å². The Morgan fingerprint density at radius 2 is 1.96 bits per heavy atom. The standard InChI is InChI=1S/C19H20BrFN2O4/c1-3-27-19(25)18(12-8-9-16(26-2)14(21)10-12)22-11-17(24)23-15-7-5-4-6-13(15)20/h4-10,18,22H,3,11H2,1-2H3,(H,23,24)/t18-/m1/s1. The highest BCUT2D eigenvalue weighted by Crippen LogP contribution is 2.23. The zero-order valence-electron chi connectivity index (χ0n) is 14.9. The van der Waals surface area contributed by atoms with E-state index in [-0.39, 0.29) is 24.8 Å². The van der Waals surface area contributed by atoms with E-state index in [1.807, 2.05) is 6.07 Å². The molecule has 0 heterocycles. The Bertz CT molecular complexity index is 816. The molecule has 2 aromatic rings. The minimum Gasteiger partial charge on any atom is -0.494 e. The number of methoxy groups -OCH3 is 1. The van der Waals surface area contributed by atoms with Gasteiger partial charge in [0.1, 0.15) is 6.04 Å². The molecule has 1 amide bonds. The lowest BCUT2D eigenvalue weighted by atomic mass is 10.1. The van der Waals surface area contributed by atoms with E-state index in [2.05, 4.69) is 26.6 Å². The summed E-state index contributed by atoms with van der Waals surface area (Å²) in [6.07, 6.45) is 0. The van der Waals surface area contributed by atoms with Gasteiger partial charge in [-0.25, -0.2) is 9.18 Å². The van der Waals surface area contributed by atoms with E-state index in [0.29, 0.717) is 11.3 Å². The van der Waals surface area contributed by atoms with Gasteiger partial charge in [-0.1, -0.05) is 18.2 Å². The topological polar surface area (TPSA) is 76.7 Å². The molecule has 2 aromatic carbocycles. The minimum atomic E-state index is -0.990. The first kappa shape index (κ1) is 20.9. The molecule has 0 saturated carbocycles. The Kier molecular flexibility index (Phi) is 7.75. The molecular formula is C19H20BrFN2O4. The van der Waals surface area contributed by atoms with Gasteiger partial charge in [-0.05, 0) is 52.7 Å². The molecule has 0 spiro atoms. The Morgan fingerprint density at radius 3 is 2.59 bits per heavy atom. The van der Waals surface area contributed by atoms with E-state index in [0.717, 1.165) is 4.47 Å². The first-order valence-electron chi connectivity index (χ1n) is 8.24. The minimum absolute atomic E-state index is 0.0630. The van der Waals surface area contributed by atoms with Gasteiger partial charge in [0, 0.05) is 4.47 Å². The number of carbonyl (C=O) groups excluding carboxylic acids is 2. The molecule has 8 heteroatoms. The summed E-state index contributed by atoms with van der Waals surface area (Å²) in [4.78, 5) is 24.5. The van der Waals surface area contributed by atoms with Crippen LogP contribution >= 0.6 is 15.9 Å². The zero-order chi connectivity index (χ0) is 19.8. The van der Waals surface area contributed by atoms with Gasteiger partial charge < -0.3 is 14.8 Å². The van der Waals surface area contributed by atoms with Crippen molar-refractivity contribution in [1.29, 1.82) is 0 Å². The number of hydrogen-bond donors (Lipinski definition) is 2. The van der Waals surface area contributed by atoms with Gasteiger partial charge in [-0.2, -0.15) is 0 Å². The summed E-state index contributed by atoms with van der Waals surface area (Å²) in [5, 5.41) is 5.54. The van der Waals surface area contributed by atoms with Crippen LogP contribution < -0.4 is 15.4 Å². The lowest BCUT2D eigenvalue weighted by Crippen LogP contribution is -2.36. The predicted molar refractivity (Wildman–Crippen MR) is 103 cm³/mol. The second-order valence-electron chi connectivity index (χ2n) is 5.49. The number of hydrogen-bond acceptors (Lipinski definition) is 5. The van der Waals surface area contributed by atoms with E-state index < -0.39 is 17.8 Å². The number of ether oxygens (including phenoxy) is 2. The van der Waals surface area contributed by atoms with Crippen molar-refractivity contribution in [1.82, 2.24) is 5.32 Å². The third kappa shape index (κ3) is 5.77. The first-order chi connectivity index (χ1) is 13.0. The second-order valence-corrected chi connectivity index (χ2v) is 6.34. The normalized spacial score (nSPS) is 11.6. The molecule has 0 fully saturated rings. The molecule has 144 valence electrons. The monoisotopic (exact) mass is 438 g/mol. The molecule has 0 saturated heterocycles. The van der Waals surface area contributed by atoms with Crippen molar-refractivity contribution in [3.63, 3.8) is 0 Å². The van der Waals surface area contributed by atoms with E-state index in [1.165, 1.54) is 19.2 Å². The summed E-state index contributed by atoms with van der Waals surface area (Å²) in [7, 11) is 1.35. The van der Waals surface area contributed by atoms with Crippen molar-refractivity contribution < 1.29 is 23.5 Å². The average Bonchev–Trinajstić information content (AvgIpc) is 2.64. The molecule has 6 nitrogen and oxygen atoms in total.